The van der Waals surface area contributed by atoms with E-state index in [0.717, 1.165) is 5.69 Å². The number of hydrogen-bond acceptors (Lipinski definition) is 4. The molecule has 1 N–H and O–H groups in total. The van der Waals surface area contributed by atoms with Gasteiger partial charge in [0.1, 0.15) is 0 Å². The third kappa shape index (κ3) is 3.30. The first-order valence-electron chi connectivity index (χ1n) is 4.19. The van der Waals surface area contributed by atoms with Gasteiger partial charge >= 0.3 is 5.97 Å². The number of nitrogens with zero attached hydrogens (tertiary/aromatic N) is 2. The third-order valence-electron chi connectivity index (χ3n) is 1.59. The lowest BCUT2D eigenvalue weighted by molar-refractivity contribution is -0.134. The molecule has 14 heavy (non-hydrogen) atoms. The topological polar surface area (TPSA) is 56.1 Å². The van der Waals surface area contributed by atoms with Crippen molar-refractivity contribution in [3.05, 3.63) is 30.2 Å². The van der Waals surface area contributed by atoms with Crippen LogP contribution in [0.1, 0.15) is 5.69 Å². The molecule has 0 aromatic carbocycles. The molecule has 0 saturated carbocycles. The standard InChI is InChI=1S/C9H13N3O2/c1-12-6-4-8(11-12)7-10-5-3-9(13)14-2/h3-6,10H,7H2,1-2H3/b5-3+. The molecule has 0 saturated heterocycles. The summed E-state index contributed by atoms with van der Waals surface area (Å²) in [6.45, 7) is 0.592. The van der Waals surface area contributed by atoms with Gasteiger partial charge in [-0.25, -0.2) is 4.79 Å². The maximum atomic E-state index is 10.7. The minimum atomic E-state index is -0.376. The number of carbonyl (C=O) groups is 1. The highest BCUT2D eigenvalue weighted by molar-refractivity contribution is 5.81. The number of methoxy groups -OCH3 is 1. The van der Waals surface area contributed by atoms with Crippen LogP contribution in [0.15, 0.2) is 24.5 Å². The Hall–Kier alpha value is -1.78. The van der Waals surface area contributed by atoms with Crippen LogP contribution in [0, 0.1) is 0 Å². The zero-order valence-electron chi connectivity index (χ0n) is 8.23. The summed E-state index contributed by atoms with van der Waals surface area (Å²) in [5.74, 6) is -0.376. The van der Waals surface area contributed by atoms with Gasteiger partial charge in [-0.1, -0.05) is 0 Å². The van der Waals surface area contributed by atoms with Gasteiger partial charge in [0.15, 0.2) is 0 Å². The van der Waals surface area contributed by atoms with Crippen LogP contribution in [0.25, 0.3) is 0 Å². The molecule has 0 spiro atoms. The van der Waals surface area contributed by atoms with E-state index in [1.807, 2.05) is 19.3 Å². The first-order chi connectivity index (χ1) is 6.72. The SMILES string of the molecule is COC(=O)/C=C/NCc1ccn(C)n1. The fourth-order valence-electron chi connectivity index (χ4n) is 0.916. The second-order valence-electron chi connectivity index (χ2n) is 2.72. The monoisotopic (exact) mass is 195 g/mol. The summed E-state index contributed by atoms with van der Waals surface area (Å²) >= 11 is 0. The summed E-state index contributed by atoms with van der Waals surface area (Å²) in [6, 6.07) is 1.90. The summed E-state index contributed by atoms with van der Waals surface area (Å²) < 4.78 is 6.14. The Morgan fingerprint density at radius 1 is 1.79 bits per heavy atom. The lowest BCUT2D eigenvalue weighted by Crippen LogP contribution is -2.07. The van der Waals surface area contributed by atoms with E-state index in [1.165, 1.54) is 13.2 Å². The number of carbonyl (C=O) groups excluding carboxylic acids is 1. The number of aromatic nitrogens is 2. The predicted octanol–water partition coefficient (Wildman–Crippen LogP) is 0.196. The summed E-state index contributed by atoms with van der Waals surface area (Å²) in [6.07, 6.45) is 4.73. The molecule has 0 amide bonds. The van der Waals surface area contributed by atoms with E-state index in [4.69, 9.17) is 0 Å². The molecule has 1 heterocycles. The van der Waals surface area contributed by atoms with Crippen LogP contribution in [-0.4, -0.2) is 22.9 Å². The molecule has 0 atom stereocenters. The van der Waals surface area contributed by atoms with E-state index >= 15 is 0 Å². The normalized spacial score (nSPS) is 10.4. The minimum Gasteiger partial charge on any atom is -0.466 e. The Labute approximate surface area is 82.4 Å². The van der Waals surface area contributed by atoms with Crippen molar-refractivity contribution in [3.63, 3.8) is 0 Å². The molecule has 0 aliphatic carbocycles. The van der Waals surface area contributed by atoms with Gasteiger partial charge in [-0.3, -0.25) is 4.68 Å². The zero-order chi connectivity index (χ0) is 10.4. The third-order valence-corrected chi connectivity index (χ3v) is 1.59. The van der Waals surface area contributed by atoms with Crippen molar-refractivity contribution < 1.29 is 9.53 Å². The van der Waals surface area contributed by atoms with Crippen molar-refractivity contribution in [3.8, 4) is 0 Å². The maximum Gasteiger partial charge on any atom is 0.331 e. The molecule has 5 nitrogen and oxygen atoms in total. The number of esters is 1. The van der Waals surface area contributed by atoms with Gasteiger partial charge in [-0.15, -0.1) is 0 Å². The van der Waals surface area contributed by atoms with Crippen LogP contribution < -0.4 is 5.32 Å². The summed E-state index contributed by atoms with van der Waals surface area (Å²) in [5.41, 5.74) is 0.919. The second-order valence-corrected chi connectivity index (χ2v) is 2.72. The Morgan fingerprint density at radius 3 is 3.14 bits per heavy atom. The molecule has 1 rings (SSSR count). The second kappa shape index (κ2) is 5.06. The summed E-state index contributed by atoms with van der Waals surface area (Å²) in [4.78, 5) is 10.7. The predicted molar refractivity (Wildman–Crippen MR) is 51.2 cm³/mol. The van der Waals surface area contributed by atoms with Crippen molar-refractivity contribution in [2.45, 2.75) is 6.54 Å². The highest BCUT2D eigenvalue weighted by atomic mass is 16.5. The van der Waals surface area contributed by atoms with Crippen molar-refractivity contribution in [1.82, 2.24) is 15.1 Å². The van der Waals surface area contributed by atoms with Crippen LogP contribution in [0.2, 0.25) is 0 Å². The average molecular weight is 195 g/mol. The lowest BCUT2D eigenvalue weighted by Gasteiger charge is -1.95. The molecule has 0 fully saturated rings. The van der Waals surface area contributed by atoms with Crippen molar-refractivity contribution in [1.29, 1.82) is 0 Å². The summed E-state index contributed by atoms with van der Waals surface area (Å²) in [7, 11) is 3.19. The molecule has 1 aromatic rings. The fraction of sp³-hybridized carbons (Fsp3) is 0.333. The number of ether oxygens (including phenoxy) is 1. The summed E-state index contributed by atoms with van der Waals surface area (Å²) in [5, 5.41) is 7.07. The van der Waals surface area contributed by atoms with Crippen LogP contribution in [0.3, 0.4) is 0 Å². The first kappa shape index (κ1) is 10.3. The molecular formula is C9H13N3O2. The minimum absolute atomic E-state index is 0.376. The van der Waals surface area contributed by atoms with Crippen LogP contribution in [0.4, 0.5) is 0 Å². The van der Waals surface area contributed by atoms with Gasteiger partial charge < -0.3 is 10.1 Å². The highest BCUT2D eigenvalue weighted by Crippen LogP contribution is 1.92. The number of hydrogen-bond donors (Lipinski definition) is 1. The van der Waals surface area contributed by atoms with Gasteiger partial charge in [0.25, 0.3) is 0 Å². The lowest BCUT2D eigenvalue weighted by atomic mass is 10.4. The molecule has 0 bridgehead atoms. The molecule has 0 aliphatic rings. The largest absolute Gasteiger partial charge is 0.466 e. The number of nitrogens with one attached hydrogen (secondary N) is 1. The molecular weight excluding hydrogens is 182 g/mol. The van der Waals surface area contributed by atoms with E-state index < -0.39 is 0 Å². The Kier molecular flexibility index (Phi) is 3.72. The molecule has 5 heteroatoms. The Morgan fingerprint density at radius 2 is 2.57 bits per heavy atom. The van der Waals surface area contributed by atoms with E-state index in [2.05, 4.69) is 15.2 Å². The van der Waals surface area contributed by atoms with Gasteiger partial charge in [-0.05, 0) is 6.07 Å². The van der Waals surface area contributed by atoms with E-state index in [1.54, 1.807) is 10.9 Å². The first-order valence-corrected chi connectivity index (χ1v) is 4.19. The fourth-order valence-corrected chi connectivity index (χ4v) is 0.916. The Balaban J connectivity index is 2.28. The zero-order valence-corrected chi connectivity index (χ0v) is 8.23. The van der Waals surface area contributed by atoms with Crippen LogP contribution >= 0.6 is 0 Å². The van der Waals surface area contributed by atoms with Gasteiger partial charge in [-0.2, -0.15) is 5.10 Å². The average Bonchev–Trinajstić information content (AvgIpc) is 2.58. The van der Waals surface area contributed by atoms with E-state index in [0.29, 0.717) is 6.54 Å². The van der Waals surface area contributed by atoms with Gasteiger partial charge in [0.05, 0.1) is 19.3 Å². The van der Waals surface area contributed by atoms with E-state index in [-0.39, 0.29) is 5.97 Å². The van der Waals surface area contributed by atoms with Crippen molar-refractivity contribution in [2.24, 2.45) is 7.05 Å². The molecule has 0 radical (unpaired) electrons. The van der Waals surface area contributed by atoms with Crippen LogP contribution in [-0.2, 0) is 23.1 Å². The maximum absolute atomic E-state index is 10.7. The number of rotatable bonds is 4. The quantitative estimate of drug-likeness (QED) is 0.550. The Bertz CT molecular complexity index is 331. The van der Waals surface area contributed by atoms with Crippen LogP contribution in [0.5, 0.6) is 0 Å². The smallest absolute Gasteiger partial charge is 0.331 e. The molecule has 76 valence electrons. The molecule has 1 aromatic heterocycles. The van der Waals surface area contributed by atoms with Gasteiger partial charge in [0, 0.05) is 25.5 Å². The molecule has 0 unspecified atom stereocenters. The van der Waals surface area contributed by atoms with Crippen molar-refractivity contribution >= 4 is 5.97 Å². The highest BCUT2D eigenvalue weighted by Gasteiger charge is 1.93. The van der Waals surface area contributed by atoms with Crippen molar-refractivity contribution in [2.75, 3.05) is 7.11 Å². The number of aryl methyl sites for hydroxylation is 1. The molecule has 0 aliphatic heterocycles. The van der Waals surface area contributed by atoms with E-state index in [9.17, 15) is 4.79 Å². The van der Waals surface area contributed by atoms with Gasteiger partial charge in [0.2, 0.25) is 0 Å².